The molecule has 4 heteroatoms. The smallest absolute Gasteiger partial charge is 0.385 e. The van der Waals surface area contributed by atoms with E-state index >= 15 is 0 Å². The van der Waals surface area contributed by atoms with Crippen molar-refractivity contribution in [1.82, 2.24) is 4.67 Å². The topological polar surface area (TPSA) is 21.7 Å². The quantitative estimate of drug-likeness (QED) is 0.296. The summed E-state index contributed by atoms with van der Waals surface area (Å²) in [6, 6.07) is 24.9. The molecule has 0 unspecified atom stereocenters. The van der Waals surface area contributed by atoms with Crippen molar-refractivity contribution in [2.24, 2.45) is 23.2 Å². The SMILES string of the molecule is C[C@H](c1ccccc1)N(CC12CC3CC(CC(C3)C1)C2)P1Oc2cccc3c2C2(CC3)CCc3cccc(c32)O1. The van der Waals surface area contributed by atoms with E-state index in [9.17, 15) is 0 Å². The minimum absolute atomic E-state index is 0.0507. The van der Waals surface area contributed by atoms with E-state index in [1.807, 2.05) is 0 Å². The first-order chi connectivity index (χ1) is 19.6. The van der Waals surface area contributed by atoms with Gasteiger partial charge in [0.1, 0.15) is 11.5 Å². The van der Waals surface area contributed by atoms with Crippen LogP contribution in [0.25, 0.3) is 0 Å². The van der Waals surface area contributed by atoms with E-state index in [1.165, 1.54) is 79.2 Å². The Bertz CT molecular complexity index is 1370. The summed E-state index contributed by atoms with van der Waals surface area (Å²) >= 11 is 0. The second-order valence-corrected chi connectivity index (χ2v) is 15.5. The summed E-state index contributed by atoms with van der Waals surface area (Å²) in [5.74, 6) is 4.96. The lowest BCUT2D eigenvalue weighted by molar-refractivity contribution is -0.0639. The molecular formula is C36H40NO2P. The summed E-state index contributed by atoms with van der Waals surface area (Å²) in [6.07, 6.45) is 13.2. The predicted octanol–water partition coefficient (Wildman–Crippen LogP) is 9.14. The van der Waals surface area contributed by atoms with E-state index in [0.29, 0.717) is 5.41 Å². The zero-order valence-corrected chi connectivity index (χ0v) is 24.5. The van der Waals surface area contributed by atoms with Crippen LogP contribution in [0, 0.1) is 23.2 Å². The summed E-state index contributed by atoms with van der Waals surface area (Å²) in [6.45, 7) is 3.46. The Morgan fingerprint density at radius 1 is 0.750 bits per heavy atom. The van der Waals surface area contributed by atoms with E-state index in [2.05, 4.69) is 78.3 Å². The molecule has 4 fully saturated rings. The monoisotopic (exact) mass is 549 g/mol. The molecule has 7 aliphatic rings. The standard InChI is InChI=1S/C36H40NO2P/c1-24(28-7-3-2-4-8-28)37(23-35-20-25-17-26(21-35)19-27(18-25)22-35)40-38-31-11-5-9-29-13-15-36(33(29)31)16-14-30-10-6-12-32(39-40)34(30)36/h2-12,24-27H,13-23H2,1H3/t24-,25?,26?,27?,35?,36?/m1/s1. The molecule has 1 spiro atoms. The summed E-state index contributed by atoms with van der Waals surface area (Å²) < 4.78 is 17.1. The summed E-state index contributed by atoms with van der Waals surface area (Å²) in [4.78, 5) is 0. The van der Waals surface area contributed by atoms with Gasteiger partial charge in [0.05, 0.1) is 0 Å². The van der Waals surface area contributed by atoms with Crippen LogP contribution in [0.5, 0.6) is 11.5 Å². The van der Waals surface area contributed by atoms with Crippen LogP contribution < -0.4 is 9.05 Å². The normalized spacial score (nSPS) is 31.2. The molecule has 40 heavy (non-hydrogen) atoms. The minimum Gasteiger partial charge on any atom is -0.427 e. The highest BCUT2D eigenvalue weighted by Crippen LogP contribution is 2.65. The van der Waals surface area contributed by atoms with Crippen LogP contribution in [0.4, 0.5) is 0 Å². The maximum absolute atomic E-state index is 7.22. The fourth-order valence-corrected chi connectivity index (χ4v) is 12.3. The van der Waals surface area contributed by atoms with Crippen molar-refractivity contribution in [3.63, 3.8) is 0 Å². The number of benzene rings is 3. The third-order valence-corrected chi connectivity index (χ3v) is 13.4. The molecule has 0 amide bonds. The molecule has 10 rings (SSSR count). The minimum atomic E-state index is -1.34. The molecule has 0 N–H and O–H groups in total. The highest BCUT2D eigenvalue weighted by Gasteiger charge is 2.54. The van der Waals surface area contributed by atoms with Gasteiger partial charge in [0.25, 0.3) is 0 Å². The molecule has 1 aliphatic heterocycles. The molecule has 0 radical (unpaired) electrons. The van der Waals surface area contributed by atoms with Crippen molar-refractivity contribution in [1.29, 1.82) is 0 Å². The molecule has 6 aliphatic carbocycles. The van der Waals surface area contributed by atoms with Gasteiger partial charge >= 0.3 is 8.53 Å². The summed E-state index contributed by atoms with van der Waals surface area (Å²) in [5, 5.41) is 0. The van der Waals surface area contributed by atoms with Gasteiger partial charge in [-0.3, -0.25) is 0 Å². The van der Waals surface area contributed by atoms with Gasteiger partial charge in [-0.25, -0.2) is 4.67 Å². The summed E-state index contributed by atoms with van der Waals surface area (Å²) in [5.41, 5.74) is 7.72. The van der Waals surface area contributed by atoms with Crippen LogP contribution in [0.1, 0.15) is 92.1 Å². The molecule has 3 nitrogen and oxygen atoms in total. The molecule has 1 heterocycles. The van der Waals surface area contributed by atoms with Gasteiger partial charge < -0.3 is 9.05 Å². The molecule has 3 aromatic rings. The third-order valence-electron chi connectivity index (χ3n) is 11.8. The first-order valence-electron chi connectivity index (χ1n) is 15.8. The van der Waals surface area contributed by atoms with Gasteiger partial charge in [0.15, 0.2) is 0 Å². The van der Waals surface area contributed by atoms with Crippen molar-refractivity contribution in [3.8, 4) is 11.5 Å². The fraction of sp³-hybridized carbons (Fsp3) is 0.500. The second kappa shape index (κ2) is 8.83. The highest BCUT2D eigenvalue weighted by molar-refractivity contribution is 7.45. The Morgan fingerprint density at radius 2 is 1.30 bits per heavy atom. The Labute approximate surface area is 240 Å². The Hall–Kier alpha value is -2.35. The van der Waals surface area contributed by atoms with E-state index < -0.39 is 8.53 Å². The lowest BCUT2D eigenvalue weighted by Gasteiger charge is -2.58. The average molecular weight is 550 g/mol. The Kier molecular flexibility index (Phi) is 5.35. The Balaban J connectivity index is 1.17. The van der Waals surface area contributed by atoms with Crippen molar-refractivity contribution < 1.29 is 9.05 Å². The number of hydrogen-bond donors (Lipinski definition) is 0. The van der Waals surface area contributed by atoms with Crippen LogP contribution in [-0.2, 0) is 18.3 Å². The molecule has 0 saturated heterocycles. The number of nitrogens with zero attached hydrogens (tertiary/aromatic N) is 1. The molecule has 4 saturated carbocycles. The predicted molar refractivity (Wildman–Crippen MR) is 161 cm³/mol. The number of aryl methyl sites for hydroxylation is 2. The lowest BCUT2D eigenvalue weighted by Crippen LogP contribution is -2.51. The second-order valence-electron chi connectivity index (χ2n) is 14.2. The van der Waals surface area contributed by atoms with E-state index in [4.69, 9.17) is 9.05 Å². The number of rotatable bonds is 5. The van der Waals surface area contributed by atoms with Gasteiger partial charge in [0.2, 0.25) is 0 Å². The maximum atomic E-state index is 7.22. The van der Waals surface area contributed by atoms with E-state index in [0.717, 1.165) is 48.6 Å². The first-order valence-corrected chi connectivity index (χ1v) is 16.9. The lowest BCUT2D eigenvalue weighted by atomic mass is 9.49. The fourth-order valence-electron chi connectivity index (χ4n) is 10.6. The van der Waals surface area contributed by atoms with Crippen molar-refractivity contribution in [2.75, 3.05) is 6.54 Å². The van der Waals surface area contributed by atoms with Gasteiger partial charge in [-0.15, -0.1) is 0 Å². The van der Waals surface area contributed by atoms with Crippen LogP contribution >= 0.6 is 8.53 Å². The maximum Gasteiger partial charge on any atom is 0.385 e. The van der Waals surface area contributed by atoms with Gasteiger partial charge in [-0.2, -0.15) is 0 Å². The molecule has 0 aromatic heterocycles. The molecular weight excluding hydrogens is 509 g/mol. The molecule has 4 bridgehead atoms. The zero-order chi connectivity index (χ0) is 26.5. The first kappa shape index (κ1) is 24.3. The van der Waals surface area contributed by atoms with Crippen molar-refractivity contribution >= 4 is 8.53 Å². The molecule has 1 atom stereocenters. The van der Waals surface area contributed by atoms with Crippen LogP contribution in [0.3, 0.4) is 0 Å². The largest absolute Gasteiger partial charge is 0.427 e. The van der Waals surface area contributed by atoms with Crippen LogP contribution in [-0.4, -0.2) is 11.2 Å². The zero-order valence-electron chi connectivity index (χ0n) is 23.6. The van der Waals surface area contributed by atoms with Crippen molar-refractivity contribution in [3.05, 3.63) is 94.5 Å². The molecule has 206 valence electrons. The average Bonchev–Trinajstić information content (AvgIpc) is 3.52. The summed E-state index contributed by atoms with van der Waals surface area (Å²) in [7, 11) is -1.34. The third kappa shape index (κ3) is 3.56. The van der Waals surface area contributed by atoms with Crippen LogP contribution in [0.2, 0.25) is 0 Å². The highest BCUT2D eigenvalue weighted by atomic mass is 31.2. The number of hydrogen-bond acceptors (Lipinski definition) is 3. The van der Waals surface area contributed by atoms with Gasteiger partial charge in [-0.1, -0.05) is 54.6 Å². The Morgan fingerprint density at radius 3 is 1.85 bits per heavy atom. The van der Waals surface area contributed by atoms with E-state index in [1.54, 1.807) is 0 Å². The van der Waals surface area contributed by atoms with E-state index in [-0.39, 0.29) is 11.5 Å². The molecule has 3 aromatic carbocycles. The van der Waals surface area contributed by atoms with Crippen LogP contribution in [0.15, 0.2) is 66.7 Å². The van der Waals surface area contributed by atoms with Gasteiger partial charge in [0, 0.05) is 29.1 Å². The van der Waals surface area contributed by atoms with Crippen molar-refractivity contribution in [2.45, 2.75) is 82.6 Å². The van der Waals surface area contributed by atoms with Gasteiger partial charge in [-0.05, 0) is 123 Å².